The standard InChI is InChI=1S/C4H7O5S/c1-3(2-4(5)6)10(7,8)9/h2H2,1H3,(H,5,6)(H,7,8,9). The zero-order valence-electron chi connectivity index (χ0n) is 5.23. The maximum Gasteiger partial charge on any atom is 0.305 e. The monoisotopic (exact) mass is 167 g/mol. The Kier molecular flexibility index (Phi) is 2.79. The van der Waals surface area contributed by atoms with E-state index in [9.17, 15) is 13.2 Å². The molecule has 0 unspecified atom stereocenters. The zero-order valence-corrected chi connectivity index (χ0v) is 6.05. The fourth-order valence-corrected chi connectivity index (χ4v) is 0.610. The van der Waals surface area contributed by atoms with Crippen LogP contribution in [0.15, 0.2) is 0 Å². The summed E-state index contributed by atoms with van der Waals surface area (Å²) in [6.07, 6.45) is -0.654. The summed E-state index contributed by atoms with van der Waals surface area (Å²) in [4.78, 5) is 9.86. The summed E-state index contributed by atoms with van der Waals surface area (Å²) in [6, 6.07) is 0. The third-order valence-corrected chi connectivity index (χ3v) is 1.87. The van der Waals surface area contributed by atoms with Crippen molar-refractivity contribution < 1.29 is 22.9 Å². The van der Waals surface area contributed by atoms with Gasteiger partial charge in [0.2, 0.25) is 0 Å². The van der Waals surface area contributed by atoms with Crippen molar-refractivity contribution in [2.45, 2.75) is 13.3 Å². The average molecular weight is 167 g/mol. The second-order valence-electron chi connectivity index (χ2n) is 1.75. The van der Waals surface area contributed by atoms with E-state index in [2.05, 4.69) is 0 Å². The predicted octanol–water partition coefficient (Wildman–Crippen LogP) is -0.0992. The van der Waals surface area contributed by atoms with E-state index in [1.807, 2.05) is 0 Å². The normalized spacial score (nSPS) is 11.9. The van der Waals surface area contributed by atoms with Crippen LogP contribution in [-0.4, -0.2) is 24.0 Å². The molecule has 0 rings (SSSR count). The molecular weight excluding hydrogens is 160 g/mol. The van der Waals surface area contributed by atoms with Crippen molar-refractivity contribution in [2.75, 3.05) is 0 Å². The fourth-order valence-electron chi connectivity index (χ4n) is 0.304. The van der Waals surface area contributed by atoms with Gasteiger partial charge in [0, 0.05) is 0 Å². The molecule has 0 aromatic rings. The first kappa shape index (κ1) is 9.38. The van der Waals surface area contributed by atoms with Gasteiger partial charge in [-0.25, -0.2) is 0 Å². The van der Waals surface area contributed by atoms with Gasteiger partial charge in [0.25, 0.3) is 10.1 Å². The van der Waals surface area contributed by atoms with Crippen molar-refractivity contribution in [2.24, 2.45) is 0 Å². The number of hydrogen-bond acceptors (Lipinski definition) is 3. The summed E-state index contributed by atoms with van der Waals surface area (Å²) >= 11 is 0. The van der Waals surface area contributed by atoms with E-state index in [0.29, 0.717) is 0 Å². The second kappa shape index (κ2) is 2.98. The minimum atomic E-state index is -4.26. The van der Waals surface area contributed by atoms with Gasteiger partial charge < -0.3 is 5.11 Å². The summed E-state index contributed by atoms with van der Waals surface area (Å²) in [6.45, 7) is 1.05. The van der Waals surface area contributed by atoms with Crippen molar-refractivity contribution in [3.8, 4) is 0 Å². The molecule has 0 heterocycles. The van der Waals surface area contributed by atoms with Crippen LogP contribution in [0, 0.1) is 5.25 Å². The third kappa shape index (κ3) is 3.41. The molecule has 10 heavy (non-hydrogen) atoms. The summed E-state index contributed by atoms with van der Waals surface area (Å²) in [5.41, 5.74) is 0. The van der Waals surface area contributed by atoms with Gasteiger partial charge in [-0.2, -0.15) is 8.42 Å². The molecule has 0 saturated heterocycles. The lowest BCUT2D eigenvalue weighted by Crippen LogP contribution is -2.12. The lowest BCUT2D eigenvalue weighted by molar-refractivity contribution is -0.136. The molecule has 0 aliphatic rings. The van der Waals surface area contributed by atoms with Gasteiger partial charge in [-0.3, -0.25) is 9.35 Å². The first-order valence-corrected chi connectivity index (χ1v) is 3.79. The number of aliphatic carboxylic acids is 1. The van der Waals surface area contributed by atoms with Crippen molar-refractivity contribution in [1.29, 1.82) is 0 Å². The highest BCUT2D eigenvalue weighted by molar-refractivity contribution is 7.88. The van der Waals surface area contributed by atoms with E-state index < -0.39 is 27.8 Å². The highest BCUT2D eigenvalue weighted by Crippen LogP contribution is 2.10. The number of carboxylic acids is 1. The molecule has 59 valence electrons. The number of carbonyl (C=O) groups is 1. The molecule has 0 aliphatic carbocycles. The molecule has 0 spiro atoms. The maximum absolute atomic E-state index is 10.1. The van der Waals surface area contributed by atoms with E-state index in [-0.39, 0.29) is 0 Å². The zero-order chi connectivity index (χ0) is 8.36. The first-order valence-electron chi connectivity index (χ1n) is 2.35. The van der Waals surface area contributed by atoms with Crippen LogP contribution in [0.3, 0.4) is 0 Å². The Morgan fingerprint density at radius 1 is 1.50 bits per heavy atom. The van der Waals surface area contributed by atoms with Gasteiger partial charge in [0.15, 0.2) is 0 Å². The van der Waals surface area contributed by atoms with Gasteiger partial charge in [-0.15, -0.1) is 0 Å². The molecule has 1 radical (unpaired) electrons. The quantitative estimate of drug-likeness (QED) is 0.572. The molecule has 0 atom stereocenters. The Balaban J connectivity index is 4.12. The Hall–Kier alpha value is -0.620. The van der Waals surface area contributed by atoms with E-state index in [4.69, 9.17) is 9.66 Å². The molecular formula is C4H7O5S. The molecule has 0 saturated carbocycles. The largest absolute Gasteiger partial charge is 0.481 e. The number of rotatable bonds is 3. The van der Waals surface area contributed by atoms with Gasteiger partial charge in [0.1, 0.15) is 5.25 Å². The highest BCUT2D eigenvalue weighted by Gasteiger charge is 2.21. The Morgan fingerprint density at radius 3 is 2.00 bits per heavy atom. The Bertz CT molecular complexity index is 216. The molecule has 5 nitrogen and oxygen atoms in total. The van der Waals surface area contributed by atoms with E-state index in [1.54, 1.807) is 0 Å². The van der Waals surface area contributed by atoms with Crippen LogP contribution in [0.5, 0.6) is 0 Å². The predicted molar refractivity (Wildman–Crippen MR) is 32.7 cm³/mol. The smallest absolute Gasteiger partial charge is 0.305 e. The summed E-state index contributed by atoms with van der Waals surface area (Å²) in [7, 11) is -4.26. The van der Waals surface area contributed by atoms with Gasteiger partial charge in [-0.05, 0) is 6.92 Å². The minimum Gasteiger partial charge on any atom is -0.481 e. The molecule has 0 aromatic heterocycles. The van der Waals surface area contributed by atoms with Crippen LogP contribution >= 0.6 is 0 Å². The molecule has 0 aliphatic heterocycles. The first-order chi connectivity index (χ1) is 4.34. The molecule has 0 bridgehead atoms. The Labute approximate surface area is 58.4 Å². The summed E-state index contributed by atoms with van der Waals surface area (Å²) in [5.74, 6) is -1.28. The average Bonchev–Trinajstić information content (AvgIpc) is 1.60. The van der Waals surface area contributed by atoms with E-state index in [1.165, 1.54) is 0 Å². The second-order valence-corrected chi connectivity index (χ2v) is 3.39. The SMILES string of the molecule is C[C](CC(=O)O)S(=O)(=O)O. The van der Waals surface area contributed by atoms with Crippen LogP contribution in [0.2, 0.25) is 0 Å². The fraction of sp³-hybridized carbons (Fsp3) is 0.500. The van der Waals surface area contributed by atoms with Crippen LogP contribution < -0.4 is 0 Å². The minimum absolute atomic E-state index is 0.458. The van der Waals surface area contributed by atoms with Crippen LogP contribution in [0.25, 0.3) is 0 Å². The molecule has 0 amide bonds. The lowest BCUT2D eigenvalue weighted by Gasteiger charge is -2.00. The van der Waals surface area contributed by atoms with Crippen molar-refractivity contribution in [3.63, 3.8) is 0 Å². The number of carboxylic acid groups (broad SMARTS) is 1. The van der Waals surface area contributed by atoms with E-state index in [0.717, 1.165) is 6.92 Å². The molecule has 2 N–H and O–H groups in total. The maximum atomic E-state index is 10.1. The third-order valence-electron chi connectivity index (χ3n) is 0.841. The topological polar surface area (TPSA) is 91.7 Å². The van der Waals surface area contributed by atoms with Crippen LogP contribution in [0.4, 0.5) is 0 Å². The van der Waals surface area contributed by atoms with Gasteiger partial charge in [-0.1, -0.05) is 0 Å². The van der Waals surface area contributed by atoms with Crippen LogP contribution in [-0.2, 0) is 14.9 Å². The molecule has 0 aromatic carbocycles. The summed E-state index contributed by atoms with van der Waals surface area (Å²) < 4.78 is 28.5. The van der Waals surface area contributed by atoms with Crippen molar-refractivity contribution >= 4 is 16.1 Å². The summed E-state index contributed by atoms with van der Waals surface area (Å²) in [5, 5.41) is 7.59. The Morgan fingerprint density at radius 2 is 1.90 bits per heavy atom. The molecule has 6 heteroatoms. The lowest BCUT2D eigenvalue weighted by atomic mass is 10.3. The van der Waals surface area contributed by atoms with Crippen molar-refractivity contribution in [3.05, 3.63) is 5.25 Å². The van der Waals surface area contributed by atoms with Crippen molar-refractivity contribution in [1.82, 2.24) is 0 Å². The van der Waals surface area contributed by atoms with Gasteiger partial charge >= 0.3 is 5.97 Å². The van der Waals surface area contributed by atoms with E-state index >= 15 is 0 Å². The van der Waals surface area contributed by atoms with Crippen LogP contribution in [0.1, 0.15) is 13.3 Å². The number of hydrogen-bond donors (Lipinski definition) is 2. The molecule has 0 fully saturated rings. The van der Waals surface area contributed by atoms with Gasteiger partial charge in [0.05, 0.1) is 6.42 Å². The highest BCUT2D eigenvalue weighted by atomic mass is 32.2.